The van der Waals surface area contributed by atoms with Gasteiger partial charge in [-0.3, -0.25) is 9.59 Å². The summed E-state index contributed by atoms with van der Waals surface area (Å²) in [6.07, 6.45) is 5.45. The van der Waals surface area contributed by atoms with Gasteiger partial charge in [0, 0.05) is 37.3 Å². The van der Waals surface area contributed by atoms with Crippen molar-refractivity contribution in [1.82, 2.24) is 14.7 Å². The van der Waals surface area contributed by atoms with Crippen molar-refractivity contribution >= 4 is 23.6 Å². The van der Waals surface area contributed by atoms with Crippen molar-refractivity contribution in [2.24, 2.45) is 5.92 Å². The maximum Gasteiger partial charge on any atom is 0.245 e. The first-order chi connectivity index (χ1) is 11.3. The number of nitrogens with zero attached hydrogens (tertiary/aromatic N) is 3. The number of hydrogen-bond acceptors (Lipinski definition) is 4. The van der Waals surface area contributed by atoms with E-state index in [1.807, 2.05) is 21.6 Å². The Morgan fingerprint density at radius 3 is 2.50 bits per heavy atom. The molecular formula is C18H33N3O2S. The van der Waals surface area contributed by atoms with Gasteiger partial charge in [-0.1, -0.05) is 13.8 Å². The molecule has 2 saturated heterocycles. The molecule has 2 aliphatic heterocycles. The molecule has 3 atom stereocenters. The number of piperidine rings is 1. The van der Waals surface area contributed by atoms with Crippen LogP contribution >= 0.6 is 11.8 Å². The minimum absolute atomic E-state index is 0.155. The molecule has 2 heterocycles. The topological polar surface area (TPSA) is 43.9 Å². The minimum atomic E-state index is -0.277. The van der Waals surface area contributed by atoms with Gasteiger partial charge in [0.1, 0.15) is 6.04 Å². The lowest BCUT2D eigenvalue weighted by atomic mass is 9.98. The van der Waals surface area contributed by atoms with Crippen molar-refractivity contribution in [2.45, 2.75) is 56.9 Å². The molecule has 2 aliphatic rings. The third-order valence-electron chi connectivity index (χ3n) is 5.23. The van der Waals surface area contributed by atoms with Crippen LogP contribution in [0.15, 0.2) is 0 Å². The number of rotatable bonds is 6. The molecule has 2 amide bonds. The fourth-order valence-corrected chi connectivity index (χ4v) is 4.81. The van der Waals surface area contributed by atoms with Gasteiger partial charge in [-0.05, 0) is 45.5 Å². The van der Waals surface area contributed by atoms with E-state index in [1.54, 1.807) is 0 Å². The van der Waals surface area contributed by atoms with Crippen LogP contribution in [0.4, 0.5) is 0 Å². The number of likely N-dealkylation sites (N-methyl/N-ethyl adjacent to an activating group) is 1. The Morgan fingerprint density at radius 2 is 2.00 bits per heavy atom. The number of amides is 2. The molecule has 0 aromatic heterocycles. The smallest absolute Gasteiger partial charge is 0.245 e. The van der Waals surface area contributed by atoms with E-state index in [1.165, 1.54) is 0 Å². The number of carbonyl (C=O) groups excluding carboxylic acids is 2. The van der Waals surface area contributed by atoms with E-state index < -0.39 is 0 Å². The Labute approximate surface area is 151 Å². The quantitative estimate of drug-likeness (QED) is 0.730. The summed E-state index contributed by atoms with van der Waals surface area (Å²) in [5.74, 6) is 0.713. The van der Waals surface area contributed by atoms with Crippen LogP contribution in [0, 0.1) is 5.92 Å². The summed E-state index contributed by atoms with van der Waals surface area (Å²) in [5, 5.41) is 0.445. The zero-order valence-electron chi connectivity index (χ0n) is 15.8. The monoisotopic (exact) mass is 355 g/mol. The predicted octanol–water partition coefficient (Wildman–Crippen LogP) is 1.92. The van der Waals surface area contributed by atoms with Crippen LogP contribution in [0.3, 0.4) is 0 Å². The molecule has 0 N–H and O–H groups in total. The standard InChI is InChI=1S/C18H33N3O2S/c1-13(2)10-14(21-9-7-6-8-17(21)22)18(23)20-11-15(19(3)4)16(12-20)24-5/h13-16H,6-12H2,1-5H3/t14-,15-,16+/m0/s1. The molecule has 2 fully saturated rings. The fourth-order valence-electron chi connectivity index (χ4n) is 3.84. The van der Waals surface area contributed by atoms with Gasteiger partial charge in [0.2, 0.25) is 11.8 Å². The Balaban J connectivity index is 2.14. The average Bonchev–Trinajstić information content (AvgIpc) is 2.97. The van der Waals surface area contributed by atoms with Gasteiger partial charge in [-0.15, -0.1) is 0 Å². The Morgan fingerprint density at radius 1 is 1.29 bits per heavy atom. The van der Waals surface area contributed by atoms with Crippen molar-refractivity contribution < 1.29 is 9.59 Å². The number of thioether (sulfide) groups is 1. The lowest BCUT2D eigenvalue weighted by Crippen LogP contribution is -2.52. The highest BCUT2D eigenvalue weighted by Gasteiger charge is 2.41. The number of likely N-dealkylation sites (tertiary alicyclic amines) is 2. The summed E-state index contributed by atoms with van der Waals surface area (Å²) in [5.41, 5.74) is 0. The Hall–Kier alpha value is -0.750. The average molecular weight is 356 g/mol. The normalized spacial score (nSPS) is 26.5. The highest BCUT2D eigenvalue weighted by Crippen LogP contribution is 2.27. The molecule has 0 radical (unpaired) electrons. The highest BCUT2D eigenvalue weighted by molar-refractivity contribution is 7.99. The van der Waals surface area contributed by atoms with Crippen LogP contribution < -0.4 is 0 Å². The van der Waals surface area contributed by atoms with Crippen molar-refractivity contribution in [1.29, 1.82) is 0 Å². The molecule has 0 aromatic carbocycles. The van der Waals surface area contributed by atoms with Gasteiger partial charge in [0.05, 0.1) is 0 Å². The minimum Gasteiger partial charge on any atom is -0.338 e. The molecule has 0 saturated carbocycles. The maximum absolute atomic E-state index is 13.3. The number of hydrogen-bond donors (Lipinski definition) is 0. The molecule has 0 aromatic rings. The second-order valence-corrected chi connectivity index (χ2v) is 8.81. The Bertz CT molecular complexity index is 456. The van der Waals surface area contributed by atoms with Crippen LogP contribution in [0.2, 0.25) is 0 Å². The first kappa shape index (κ1) is 19.6. The molecular weight excluding hydrogens is 322 g/mol. The summed E-state index contributed by atoms with van der Waals surface area (Å²) < 4.78 is 0. The van der Waals surface area contributed by atoms with Crippen molar-refractivity contribution in [2.75, 3.05) is 40.0 Å². The second kappa shape index (κ2) is 8.56. The molecule has 138 valence electrons. The molecule has 0 bridgehead atoms. The van der Waals surface area contributed by atoms with E-state index in [4.69, 9.17) is 0 Å². The van der Waals surface area contributed by atoms with Crippen LogP contribution in [-0.4, -0.2) is 83.8 Å². The lowest BCUT2D eigenvalue weighted by molar-refractivity contribution is -0.147. The molecule has 5 nitrogen and oxygen atoms in total. The third kappa shape index (κ3) is 4.45. The Kier molecular flexibility index (Phi) is 6.99. The first-order valence-corrected chi connectivity index (χ1v) is 10.4. The van der Waals surface area contributed by atoms with Crippen LogP contribution in [0.5, 0.6) is 0 Å². The van der Waals surface area contributed by atoms with Gasteiger partial charge in [0.15, 0.2) is 0 Å². The molecule has 0 unspecified atom stereocenters. The van der Waals surface area contributed by atoms with Gasteiger partial charge >= 0.3 is 0 Å². The SMILES string of the molecule is CS[C@@H]1CN(C(=O)[C@H](CC(C)C)N2CCCCC2=O)C[C@@H]1N(C)C. The summed E-state index contributed by atoms with van der Waals surface area (Å²) in [6.45, 7) is 6.56. The zero-order valence-corrected chi connectivity index (χ0v) is 16.6. The third-order valence-corrected chi connectivity index (χ3v) is 6.30. The summed E-state index contributed by atoms with van der Waals surface area (Å²) >= 11 is 1.84. The van der Waals surface area contributed by atoms with E-state index in [9.17, 15) is 9.59 Å². The van der Waals surface area contributed by atoms with E-state index in [-0.39, 0.29) is 17.9 Å². The molecule has 2 rings (SSSR count). The van der Waals surface area contributed by atoms with Gasteiger partial charge in [0.25, 0.3) is 0 Å². The summed E-state index contributed by atoms with van der Waals surface area (Å²) in [6, 6.07) is 0.113. The van der Waals surface area contributed by atoms with Gasteiger partial charge < -0.3 is 14.7 Å². The summed E-state index contributed by atoms with van der Waals surface area (Å²) in [4.78, 5) is 31.7. The van der Waals surface area contributed by atoms with Gasteiger partial charge in [-0.2, -0.15) is 11.8 Å². The molecule has 0 spiro atoms. The molecule has 24 heavy (non-hydrogen) atoms. The van der Waals surface area contributed by atoms with Crippen molar-refractivity contribution in [3.05, 3.63) is 0 Å². The molecule has 0 aliphatic carbocycles. The summed E-state index contributed by atoms with van der Waals surface area (Å²) in [7, 11) is 4.17. The highest BCUT2D eigenvalue weighted by atomic mass is 32.2. The van der Waals surface area contributed by atoms with Gasteiger partial charge in [-0.25, -0.2) is 0 Å². The van der Waals surface area contributed by atoms with Crippen molar-refractivity contribution in [3.63, 3.8) is 0 Å². The predicted molar refractivity (Wildman–Crippen MR) is 100 cm³/mol. The van der Waals surface area contributed by atoms with E-state index in [0.29, 0.717) is 23.6 Å². The van der Waals surface area contributed by atoms with Crippen LogP contribution in [0.25, 0.3) is 0 Å². The first-order valence-electron chi connectivity index (χ1n) is 9.12. The second-order valence-electron chi connectivity index (χ2n) is 7.74. The molecule has 6 heteroatoms. The lowest BCUT2D eigenvalue weighted by Gasteiger charge is -2.36. The van der Waals surface area contributed by atoms with Crippen LogP contribution in [-0.2, 0) is 9.59 Å². The number of carbonyl (C=O) groups is 2. The fraction of sp³-hybridized carbons (Fsp3) is 0.889. The van der Waals surface area contributed by atoms with Crippen LogP contribution in [0.1, 0.15) is 39.5 Å². The van der Waals surface area contributed by atoms with E-state index >= 15 is 0 Å². The van der Waals surface area contributed by atoms with E-state index in [0.717, 1.165) is 38.9 Å². The largest absolute Gasteiger partial charge is 0.338 e. The van der Waals surface area contributed by atoms with Crippen molar-refractivity contribution in [3.8, 4) is 0 Å². The zero-order chi connectivity index (χ0) is 17.9. The van der Waals surface area contributed by atoms with E-state index in [2.05, 4.69) is 39.1 Å². The maximum atomic E-state index is 13.3.